The number of anilines is 1. The first kappa shape index (κ1) is 18.9. The molecule has 1 aromatic heterocycles. The van der Waals surface area contributed by atoms with Gasteiger partial charge in [-0.3, -0.25) is 9.52 Å². The molecule has 8 nitrogen and oxygen atoms in total. The molecular weight excluding hydrogens is 436 g/mol. The molecule has 140 valence electrons. The Kier molecular flexibility index (Phi) is 5.19. The number of methoxy groups -OCH3 is 1. The van der Waals surface area contributed by atoms with Crippen LogP contribution in [0.3, 0.4) is 0 Å². The van der Waals surface area contributed by atoms with Crippen LogP contribution in [-0.2, 0) is 10.0 Å². The maximum atomic E-state index is 12.7. The molecule has 0 saturated heterocycles. The van der Waals surface area contributed by atoms with Gasteiger partial charge in [0.2, 0.25) is 0 Å². The lowest BCUT2D eigenvalue weighted by atomic mass is 10.3. The van der Waals surface area contributed by atoms with Crippen molar-refractivity contribution in [2.24, 2.45) is 5.73 Å². The molecule has 0 aliphatic rings. The van der Waals surface area contributed by atoms with E-state index < -0.39 is 15.9 Å². The molecule has 0 atom stereocenters. The molecule has 1 amide bonds. The van der Waals surface area contributed by atoms with Gasteiger partial charge in [-0.25, -0.2) is 13.1 Å². The Hall–Kier alpha value is -2.85. The minimum absolute atomic E-state index is 0.0154. The molecule has 2 aromatic carbocycles. The summed E-state index contributed by atoms with van der Waals surface area (Å²) in [6.45, 7) is 0. The highest BCUT2D eigenvalue weighted by molar-refractivity contribution is 9.10. The topological polar surface area (TPSA) is 116 Å². The molecule has 0 bridgehead atoms. The Balaban J connectivity index is 1.85. The standard InChI is InChI=1S/C17H15BrN4O4S/c1-26-15-7-2-11(18)10-16(15)27(24,25)21-12-3-5-13(6-4-12)22-9-8-14(20-22)17(19)23/h2-10,21H,1H3,(H2,19,23). The van der Waals surface area contributed by atoms with Gasteiger partial charge in [-0.15, -0.1) is 0 Å². The molecule has 10 heteroatoms. The molecule has 3 aromatic rings. The number of sulfonamides is 1. The lowest BCUT2D eigenvalue weighted by Crippen LogP contribution is -2.14. The molecule has 3 N–H and O–H groups in total. The molecule has 0 spiro atoms. The first-order chi connectivity index (χ1) is 12.8. The van der Waals surface area contributed by atoms with Gasteiger partial charge in [0.15, 0.2) is 0 Å². The summed E-state index contributed by atoms with van der Waals surface area (Å²) in [5.74, 6) is -0.390. The largest absolute Gasteiger partial charge is 0.495 e. The number of aromatic nitrogens is 2. The van der Waals surface area contributed by atoms with Crippen molar-refractivity contribution in [2.45, 2.75) is 4.90 Å². The zero-order chi connectivity index (χ0) is 19.6. The third-order valence-corrected chi connectivity index (χ3v) is 5.54. The lowest BCUT2D eigenvalue weighted by molar-refractivity contribution is 0.0995. The van der Waals surface area contributed by atoms with Gasteiger partial charge in [-0.1, -0.05) is 15.9 Å². The van der Waals surface area contributed by atoms with Crippen molar-refractivity contribution < 1.29 is 17.9 Å². The quantitative estimate of drug-likeness (QED) is 0.598. The summed E-state index contributed by atoms with van der Waals surface area (Å²) in [5.41, 5.74) is 6.33. The van der Waals surface area contributed by atoms with E-state index in [0.717, 1.165) is 0 Å². The van der Waals surface area contributed by atoms with Gasteiger partial charge >= 0.3 is 0 Å². The molecule has 0 aliphatic heterocycles. The number of nitrogens with zero attached hydrogens (tertiary/aromatic N) is 2. The first-order valence-electron chi connectivity index (χ1n) is 7.62. The number of rotatable bonds is 6. The van der Waals surface area contributed by atoms with Crippen LogP contribution in [0.5, 0.6) is 5.75 Å². The third-order valence-electron chi connectivity index (χ3n) is 3.64. The second-order valence-corrected chi connectivity index (χ2v) is 8.02. The zero-order valence-electron chi connectivity index (χ0n) is 14.1. The highest BCUT2D eigenvalue weighted by Gasteiger charge is 2.20. The fraction of sp³-hybridized carbons (Fsp3) is 0.0588. The minimum Gasteiger partial charge on any atom is -0.495 e. The van der Waals surface area contributed by atoms with Crippen LogP contribution >= 0.6 is 15.9 Å². The highest BCUT2D eigenvalue weighted by Crippen LogP contribution is 2.29. The highest BCUT2D eigenvalue weighted by atomic mass is 79.9. The van der Waals surface area contributed by atoms with E-state index in [1.165, 1.54) is 23.9 Å². The summed E-state index contributed by atoms with van der Waals surface area (Å²) in [5, 5.41) is 4.05. The van der Waals surface area contributed by atoms with E-state index in [-0.39, 0.29) is 16.3 Å². The SMILES string of the molecule is COc1ccc(Br)cc1S(=O)(=O)Nc1ccc(-n2ccc(C(N)=O)n2)cc1. The summed E-state index contributed by atoms with van der Waals surface area (Å²) >= 11 is 3.26. The van der Waals surface area contributed by atoms with Gasteiger partial charge in [-0.2, -0.15) is 5.10 Å². The lowest BCUT2D eigenvalue weighted by Gasteiger charge is -2.12. The summed E-state index contributed by atoms with van der Waals surface area (Å²) in [6.07, 6.45) is 1.59. The van der Waals surface area contributed by atoms with E-state index in [0.29, 0.717) is 15.8 Å². The van der Waals surface area contributed by atoms with Gasteiger partial charge in [0.25, 0.3) is 15.9 Å². The molecule has 1 heterocycles. The Morgan fingerprint density at radius 2 is 1.89 bits per heavy atom. The Morgan fingerprint density at radius 3 is 2.48 bits per heavy atom. The Morgan fingerprint density at radius 1 is 1.19 bits per heavy atom. The van der Waals surface area contributed by atoms with Crippen LogP contribution in [0.2, 0.25) is 0 Å². The predicted octanol–water partition coefficient (Wildman–Crippen LogP) is 2.54. The predicted molar refractivity (Wildman–Crippen MR) is 104 cm³/mol. The van der Waals surface area contributed by atoms with Gasteiger partial charge in [0.1, 0.15) is 16.3 Å². The number of hydrogen-bond acceptors (Lipinski definition) is 5. The summed E-state index contributed by atoms with van der Waals surface area (Å²) < 4.78 is 35.1. The van der Waals surface area contributed by atoms with Crippen molar-refractivity contribution in [1.82, 2.24) is 9.78 Å². The van der Waals surface area contributed by atoms with Crippen molar-refractivity contribution in [3.63, 3.8) is 0 Å². The number of carbonyl (C=O) groups excluding carboxylic acids is 1. The number of nitrogens with one attached hydrogen (secondary N) is 1. The number of nitrogens with two attached hydrogens (primary N) is 1. The number of carbonyl (C=O) groups is 1. The van der Waals surface area contributed by atoms with Crippen LogP contribution in [0.25, 0.3) is 5.69 Å². The van der Waals surface area contributed by atoms with Crippen LogP contribution in [0.1, 0.15) is 10.5 Å². The average Bonchev–Trinajstić information content (AvgIpc) is 3.12. The van der Waals surface area contributed by atoms with Crippen molar-refractivity contribution >= 4 is 37.5 Å². The van der Waals surface area contributed by atoms with Gasteiger partial charge in [0.05, 0.1) is 12.8 Å². The van der Waals surface area contributed by atoms with E-state index >= 15 is 0 Å². The van der Waals surface area contributed by atoms with Crippen LogP contribution in [0.15, 0.2) is 64.1 Å². The maximum Gasteiger partial charge on any atom is 0.269 e. The molecule has 27 heavy (non-hydrogen) atoms. The molecule has 0 aliphatic carbocycles. The normalized spacial score (nSPS) is 11.2. The van der Waals surface area contributed by atoms with E-state index in [4.69, 9.17) is 10.5 Å². The number of halogens is 1. The molecule has 0 radical (unpaired) electrons. The first-order valence-corrected chi connectivity index (χ1v) is 9.90. The fourth-order valence-electron chi connectivity index (χ4n) is 2.35. The summed E-state index contributed by atoms with van der Waals surface area (Å²) in [4.78, 5) is 11.1. The van der Waals surface area contributed by atoms with E-state index in [1.807, 2.05) is 0 Å². The van der Waals surface area contributed by atoms with Gasteiger partial charge < -0.3 is 10.5 Å². The van der Waals surface area contributed by atoms with Crippen LogP contribution < -0.4 is 15.2 Å². The fourth-order valence-corrected chi connectivity index (χ4v) is 4.12. The maximum absolute atomic E-state index is 12.7. The van der Waals surface area contributed by atoms with Crippen molar-refractivity contribution in [2.75, 3.05) is 11.8 Å². The number of hydrogen-bond donors (Lipinski definition) is 2. The molecular formula is C17H15BrN4O4S. The summed E-state index contributed by atoms with van der Waals surface area (Å²) in [6, 6.07) is 12.7. The van der Waals surface area contributed by atoms with E-state index in [9.17, 15) is 13.2 Å². The molecule has 0 fully saturated rings. The zero-order valence-corrected chi connectivity index (χ0v) is 16.5. The number of benzene rings is 2. The van der Waals surface area contributed by atoms with E-state index in [1.54, 1.807) is 42.6 Å². The monoisotopic (exact) mass is 450 g/mol. The van der Waals surface area contributed by atoms with Crippen molar-refractivity contribution in [3.8, 4) is 11.4 Å². The molecule has 0 saturated carbocycles. The second-order valence-electron chi connectivity index (χ2n) is 5.46. The third kappa shape index (κ3) is 4.12. The number of ether oxygens (including phenoxy) is 1. The molecule has 0 unspecified atom stereocenters. The van der Waals surface area contributed by atoms with Crippen molar-refractivity contribution in [1.29, 1.82) is 0 Å². The van der Waals surface area contributed by atoms with Crippen LogP contribution in [-0.4, -0.2) is 31.2 Å². The summed E-state index contributed by atoms with van der Waals surface area (Å²) in [7, 11) is -2.45. The number of amides is 1. The number of primary amides is 1. The van der Waals surface area contributed by atoms with Crippen LogP contribution in [0, 0.1) is 0 Å². The van der Waals surface area contributed by atoms with Gasteiger partial charge in [-0.05, 0) is 48.5 Å². The van der Waals surface area contributed by atoms with Crippen LogP contribution in [0.4, 0.5) is 5.69 Å². The van der Waals surface area contributed by atoms with Crippen molar-refractivity contribution in [3.05, 3.63) is 64.9 Å². The van der Waals surface area contributed by atoms with E-state index in [2.05, 4.69) is 25.8 Å². The average molecular weight is 451 g/mol. The van der Waals surface area contributed by atoms with Gasteiger partial charge in [0, 0.05) is 16.4 Å². The second kappa shape index (κ2) is 7.41. The Labute approximate surface area is 164 Å². The Bertz CT molecular complexity index is 1090. The smallest absolute Gasteiger partial charge is 0.269 e. The minimum atomic E-state index is -3.85. The molecule has 3 rings (SSSR count).